The number of aromatic amines is 2. The molecule has 3 fully saturated rings. The number of nitrogens with zero attached hydrogens (tertiary/aromatic N) is 1. The Balaban J connectivity index is 1.28. The second kappa shape index (κ2) is 9.21. The van der Waals surface area contributed by atoms with Gasteiger partial charge in [-0.05, 0) is 55.9 Å². The molecule has 0 spiro atoms. The summed E-state index contributed by atoms with van der Waals surface area (Å²) in [6.07, 6.45) is -0.375. The van der Waals surface area contributed by atoms with Crippen molar-refractivity contribution in [3.05, 3.63) is 76.0 Å². The maximum atomic E-state index is 12.9. The molecule has 3 heterocycles. The van der Waals surface area contributed by atoms with Gasteiger partial charge in [-0.1, -0.05) is 30.3 Å². The third-order valence-electron chi connectivity index (χ3n) is 7.61. The quantitative estimate of drug-likeness (QED) is 0.364. The Kier molecular flexibility index (Phi) is 5.99. The van der Waals surface area contributed by atoms with Crippen molar-refractivity contribution in [1.82, 2.24) is 25.8 Å². The number of hydrogen-bond acceptors (Lipinski definition) is 6. The molecule has 2 aliphatic heterocycles. The van der Waals surface area contributed by atoms with Crippen LogP contribution in [-0.2, 0) is 12.1 Å². The molecule has 1 aromatic heterocycles. The third-order valence-corrected chi connectivity index (χ3v) is 7.61. The number of alkyl halides is 3. The van der Waals surface area contributed by atoms with Gasteiger partial charge in [0.2, 0.25) is 0 Å². The van der Waals surface area contributed by atoms with Gasteiger partial charge in [-0.3, -0.25) is 4.98 Å². The van der Waals surface area contributed by atoms with E-state index >= 15 is 0 Å². The van der Waals surface area contributed by atoms with Crippen molar-refractivity contribution in [1.29, 1.82) is 0 Å². The number of H-pyrrole nitrogens is 2. The van der Waals surface area contributed by atoms with E-state index in [0.29, 0.717) is 30.1 Å². The molecular weight excluding hydrogens is 487 g/mol. The Labute approximate surface area is 211 Å². The van der Waals surface area contributed by atoms with Gasteiger partial charge in [0, 0.05) is 30.1 Å². The molecular formula is C26H28F3N5O3. The average Bonchev–Trinajstić information content (AvgIpc) is 3.50. The number of rotatable bonds is 8. The molecule has 0 radical (unpaired) electrons. The van der Waals surface area contributed by atoms with Gasteiger partial charge in [0.15, 0.2) is 0 Å². The van der Waals surface area contributed by atoms with Crippen LogP contribution in [0.1, 0.15) is 55.0 Å². The van der Waals surface area contributed by atoms with Crippen molar-refractivity contribution in [3.8, 4) is 11.5 Å². The molecule has 196 valence electrons. The lowest BCUT2D eigenvalue weighted by Crippen LogP contribution is -2.58. The molecule has 3 aliphatic rings. The van der Waals surface area contributed by atoms with Crippen LogP contribution in [0.5, 0.6) is 11.5 Å². The second-order valence-corrected chi connectivity index (χ2v) is 10.1. The predicted molar refractivity (Wildman–Crippen MR) is 128 cm³/mol. The standard InChI is InChI=1S/C26H28F3N5O3/c27-26(28,29)37-18-8-10-21(36-17-6-7-17)15(12-18)14-30-22-11-9-20-19(23-31-24(35)34-33-23)13-25(22,32-20)16-4-2-1-3-5-16/h1-5,8,10,12,17,19-20,22,30,32H,6-7,9,11,13-14H2,(H2,31,33,34,35). The molecule has 2 saturated heterocycles. The highest BCUT2D eigenvalue weighted by Gasteiger charge is 2.54. The minimum absolute atomic E-state index is 0.0169. The summed E-state index contributed by atoms with van der Waals surface area (Å²) in [6, 6.07) is 14.5. The van der Waals surface area contributed by atoms with Gasteiger partial charge in [0.05, 0.1) is 11.6 Å². The van der Waals surface area contributed by atoms with Crippen molar-refractivity contribution in [2.45, 2.75) is 74.7 Å². The highest BCUT2D eigenvalue weighted by molar-refractivity contribution is 5.41. The monoisotopic (exact) mass is 515 g/mol. The highest BCUT2D eigenvalue weighted by Crippen LogP contribution is 2.49. The van der Waals surface area contributed by atoms with E-state index in [-0.39, 0.29) is 35.5 Å². The van der Waals surface area contributed by atoms with E-state index in [9.17, 15) is 18.0 Å². The van der Waals surface area contributed by atoms with Crippen molar-refractivity contribution in [2.24, 2.45) is 0 Å². The van der Waals surface area contributed by atoms with E-state index in [1.165, 1.54) is 12.1 Å². The van der Waals surface area contributed by atoms with Gasteiger partial charge in [0.25, 0.3) is 0 Å². The first-order valence-electron chi connectivity index (χ1n) is 12.6. The molecule has 4 N–H and O–H groups in total. The van der Waals surface area contributed by atoms with Gasteiger partial charge >= 0.3 is 12.1 Å². The Morgan fingerprint density at radius 2 is 1.89 bits per heavy atom. The topological polar surface area (TPSA) is 104 Å². The van der Waals surface area contributed by atoms with Crippen molar-refractivity contribution < 1.29 is 22.6 Å². The van der Waals surface area contributed by atoms with Crippen LogP contribution in [0.2, 0.25) is 0 Å². The van der Waals surface area contributed by atoms with Crippen LogP contribution in [0.4, 0.5) is 13.2 Å². The number of nitrogens with one attached hydrogen (secondary N) is 4. The summed E-state index contributed by atoms with van der Waals surface area (Å²) >= 11 is 0. The van der Waals surface area contributed by atoms with E-state index in [1.54, 1.807) is 6.07 Å². The van der Waals surface area contributed by atoms with E-state index in [4.69, 9.17) is 4.74 Å². The zero-order valence-electron chi connectivity index (χ0n) is 20.0. The summed E-state index contributed by atoms with van der Waals surface area (Å²) in [4.78, 5) is 14.6. The van der Waals surface area contributed by atoms with E-state index in [1.807, 2.05) is 18.2 Å². The number of piperidine rings is 1. The summed E-state index contributed by atoms with van der Waals surface area (Å²) in [5, 5.41) is 14.1. The average molecular weight is 516 g/mol. The number of halogens is 3. The molecule has 2 aromatic carbocycles. The second-order valence-electron chi connectivity index (χ2n) is 10.1. The van der Waals surface area contributed by atoms with Gasteiger partial charge in [-0.25, -0.2) is 9.89 Å². The minimum Gasteiger partial charge on any atom is -0.490 e. The lowest BCUT2D eigenvalue weighted by atomic mass is 9.78. The molecule has 4 atom stereocenters. The number of benzene rings is 2. The van der Waals surface area contributed by atoms with Crippen LogP contribution in [0, 0.1) is 0 Å². The zero-order valence-corrected chi connectivity index (χ0v) is 20.0. The first-order chi connectivity index (χ1) is 17.8. The van der Waals surface area contributed by atoms with Crippen LogP contribution in [0.25, 0.3) is 0 Å². The van der Waals surface area contributed by atoms with Crippen molar-refractivity contribution >= 4 is 0 Å². The summed E-state index contributed by atoms with van der Waals surface area (Å²) in [5.74, 6) is 0.954. The molecule has 0 amide bonds. The summed E-state index contributed by atoms with van der Waals surface area (Å²) in [6.45, 7) is 0.312. The van der Waals surface area contributed by atoms with Crippen molar-refractivity contribution in [3.63, 3.8) is 0 Å². The minimum atomic E-state index is -4.77. The molecule has 3 aromatic rings. The summed E-state index contributed by atoms with van der Waals surface area (Å²) in [7, 11) is 0. The highest BCUT2D eigenvalue weighted by atomic mass is 19.4. The van der Waals surface area contributed by atoms with E-state index in [0.717, 1.165) is 31.2 Å². The number of fused-ring (bicyclic) bond motifs is 2. The maximum Gasteiger partial charge on any atom is 0.573 e. The molecule has 1 aliphatic carbocycles. The molecule has 37 heavy (non-hydrogen) atoms. The van der Waals surface area contributed by atoms with Crippen LogP contribution in [0.3, 0.4) is 0 Å². The van der Waals surface area contributed by atoms with E-state index in [2.05, 4.69) is 42.7 Å². The first-order valence-corrected chi connectivity index (χ1v) is 12.6. The predicted octanol–water partition coefficient (Wildman–Crippen LogP) is 3.83. The molecule has 6 rings (SSSR count). The molecule has 2 bridgehead atoms. The Morgan fingerprint density at radius 1 is 1.08 bits per heavy atom. The van der Waals surface area contributed by atoms with Crippen LogP contribution in [-0.4, -0.2) is 39.7 Å². The molecule has 11 heteroatoms. The maximum absolute atomic E-state index is 12.9. The largest absolute Gasteiger partial charge is 0.573 e. The first kappa shape index (κ1) is 24.1. The fourth-order valence-electron chi connectivity index (χ4n) is 5.85. The van der Waals surface area contributed by atoms with Gasteiger partial charge < -0.3 is 20.1 Å². The number of aromatic nitrogens is 3. The van der Waals surface area contributed by atoms with Crippen molar-refractivity contribution in [2.75, 3.05) is 0 Å². The zero-order chi connectivity index (χ0) is 25.6. The van der Waals surface area contributed by atoms with Crippen LogP contribution in [0.15, 0.2) is 53.3 Å². The molecule has 8 nitrogen and oxygen atoms in total. The fourth-order valence-corrected chi connectivity index (χ4v) is 5.85. The van der Waals surface area contributed by atoms with Gasteiger partial charge in [0.1, 0.15) is 17.3 Å². The van der Waals surface area contributed by atoms with Crippen LogP contribution >= 0.6 is 0 Å². The Hall–Kier alpha value is -3.31. The summed E-state index contributed by atoms with van der Waals surface area (Å²) < 4.78 is 48.8. The normalized spacial score (nSPS) is 27.3. The fraction of sp³-hybridized carbons (Fsp3) is 0.462. The number of ether oxygens (including phenoxy) is 2. The Bertz CT molecular complexity index is 1310. The van der Waals surface area contributed by atoms with E-state index < -0.39 is 11.9 Å². The number of hydrogen-bond donors (Lipinski definition) is 4. The summed E-state index contributed by atoms with van der Waals surface area (Å²) in [5.41, 5.74) is 0.956. The van der Waals surface area contributed by atoms with Gasteiger partial charge in [-0.15, -0.1) is 13.2 Å². The SMILES string of the molecule is O=c1[nH]nc(C2CC3(c4ccccc4)NC2CCC3NCc2cc(OC(F)(F)F)ccc2OC2CC2)[nH]1. The molecule has 4 unspecified atom stereocenters. The van der Waals surface area contributed by atoms with Crippen LogP contribution < -0.4 is 25.8 Å². The Morgan fingerprint density at radius 3 is 2.59 bits per heavy atom. The van der Waals surface area contributed by atoms with Gasteiger partial charge in [-0.2, -0.15) is 5.10 Å². The lowest BCUT2D eigenvalue weighted by Gasteiger charge is -2.43. The molecule has 1 saturated carbocycles. The lowest BCUT2D eigenvalue weighted by molar-refractivity contribution is -0.274. The smallest absolute Gasteiger partial charge is 0.490 e. The third kappa shape index (κ3) is 4.97.